The van der Waals surface area contributed by atoms with Gasteiger partial charge in [-0.3, -0.25) is 14.5 Å². The highest BCUT2D eigenvalue weighted by atomic mass is 35.5. The highest BCUT2D eigenvalue weighted by Gasteiger charge is 2.19. The zero-order chi connectivity index (χ0) is 17.2. The number of carboxylic acids is 1. The van der Waals surface area contributed by atoms with Crippen molar-refractivity contribution in [2.75, 3.05) is 26.2 Å². The molecule has 0 aliphatic rings. The second-order valence-corrected chi connectivity index (χ2v) is 5.63. The molecule has 0 saturated heterocycles. The van der Waals surface area contributed by atoms with Gasteiger partial charge in [-0.2, -0.15) is 0 Å². The van der Waals surface area contributed by atoms with Gasteiger partial charge in [0.1, 0.15) is 11.8 Å². The minimum atomic E-state index is -0.886. The topological polar surface area (TPSA) is 78.9 Å². The largest absolute Gasteiger partial charge is 0.493 e. The fraction of sp³-hybridized carbons (Fsp3) is 0.500. The van der Waals surface area contributed by atoms with Crippen molar-refractivity contribution in [3.8, 4) is 5.75 Å². The number of carbonyl (C=O) groups is 2. The van der Waals surface area contributed by atoms with Gasteiger partial charge in [0.25, 0.3) is 0 Å². The summed E-state index contributed by atoms with van der Waals surface area (Å²) in [5, 5.41) is 12.4. The van der Waals surface area contributed by atoms with Crippen LogP contribution < -0.4 is 10.1 Å². The molecule has 0 radical (unpaired) electrons. The predicted octanol–water partition coefficient (Wildman–Crippen LogP) is 2.02. The van der Waals surface area contributed by atoms with E-state index in [-0.39, 0.29) is 5.91 Å². The van der Waals surface area contributed by atoms with Crippen LogP contribution in [0.3, 0.4) is 0 Å². The summed E-state index contributed by atoms with van der Waals surface area (Å²) in [6.45, 7) is 4.99. The molecule has 128 valence electrons. The van der Waals surface area contributed by atoms with Crippen LogP contribution in [0.1, 0.15) is 20.3 Å². The number of ether oxygens (including phenoxy) is 1. The SMILES string of the molecule is CC(=O)NCCN(CCCOc1cccc(Cl)c1)C(C)C(=O)O. The molecule has 1 aromatic rings. The Labute approximate surface area is 141 Å². The standard InChI is InChI=1S/C16H23ClN2O4/c1-12(16(21)22)19(9-7-18-13(2)20)8-4-10-23-15-6-3-5-14(17)11-15/h3,5-6,11-12H,4,7-10H2,1-2H3,(H,18,20)(H,21,22). The third kappa shape index (κ3) is 7.85. The second-order valence-electron chi connectivity index (χ2n) is 5.19. The maximum Gasteiger partial charge on any atom is 0.320 e. The molecule has 0 aromatic heterocycles. The van der Waals surface area contributed by atoms with Crippen LogP contribution in [0.25, 0.3) is 0 Å². The maximum atomic E-state index is 11.2. The summed E-state index contributed by atoms with van der Waals surface area (Å²) in [6, 6.07) is 6.52. The first kappa shape index (κ1) is 19.3. The monoisotopic (exact) mass is 342 g/mol. The van der Waals surface area contributed by atoms with Gasteiger partial charge in [-0.15, -0.1) is 0 Å². The maximum absolute atomic E-state index is 11.2. The number of nitrogens with zero attached hydrogens (tertiary/aromatic N) is 1. The first-order valence-corrected chi connectivity index (χ1v) is 7.87. The molecule has 2 N–H and O–H groups in total. The van der Waals surface area contributed by atoms with Gasteiger partial charge in [-0.1, -0.05) is 17.7 Å². The third-order valence-corrected chi connectivity index (χ3v) is 3.57. The summed E-state index contributed by atoms with van der Waals surface area (Å²) >= 11 is 5.88. The number of carboxylic acid groups (broad SMARTS) is 1. The minimum Gasteiger partial charge on any atom is -0.493 e. The van der Waals surface area contributed by atoms with Crippen molar-refractivity contribution in [1.82, 2.24) is 10.2 Å². The molecule has 1 unspecified atom stereocenters. The number of amides is 1. The number of carbonyl (C=O) groups excluding carboxylic acids is 1. The van der Waals surface area contributed by atoms with Crippen LogP contribution in [-0.2, 0) is 9.59 Å². The van der Waals surface area contributed by atoms with Gasteiger partial charge >= 0.3 is 5.97 Å². The van der Waals surface area contributed by atoms with Gasteiger partial charge in [0, 0.05) is 31.6 Å². The molecule has 0 bridgehead atoms. The van der Waals surface area contributed by atoms with Crippen LogP contribution in [0.4, 0.5) is 0 Å². The van der Waals surface area contributed by atoms with E-state index >= 15 is 0 Å². The number of nitrogens with one attached hydrogen (secondary N) is 1. The molecule has 0 aliphatic heterocycles. The Balaban J connectivity index is 2.40. The van der Waals surface area contributed by atoms with Gasteiger partial charge in [0.2, 0.25) is 5.91 Å². The van der Waals surface area contributed by atoms with Crippen molar-refractivity contribution in [2.45, 2.75) is 26.3 Å². The summed E-state index contributed by atoms with van der Waals surface area (Å²) in [5.74, 6) is -0.325. The molecule has 23 heavy (non-hydrogen) atoms. The van der Waals surface area contributed by atoms with Crippen molar-refractivity contribution in [3.05, 3.63) is 29.3 Å². The van der Waals surface area contributed by atoms with Crippen molar-refractivity contribution in [1.29, 1.82) is 0 Å². The normalized spacial score (nSPS) is 12.0. The Hall–Kier alpha value is -1.79. The van der Waals surface area contributed by atoms with E-state index in [1.165, 1.54) is 6.92 Å². The third-order valence-electron chi connectivity index (χ3n) is 3.33. The summed E-state index contributed by atoms with van der Waals surface area (Å²) < 4.78 is 5.59. The lowest BCUT2D eigenvalue weighted by Crippen LogP contribution is -2.44. The van der Waals surface area contributed by atoms with E-state index in [2.05, 4.69) is 5.32 Å². The summed E-state index contributed by atoms with van der Waals surface area (Å²) in [6.07, 6.45) is 0.671. The average Bonchev–Trinajstić information content (AvgIpc) is 2.48. The van der Waals surface area contributed by atoms with Crippen LogP contribution in [0.2, 0.25) is 5.02 Å². The highest BCUT2D eigenvalue weighted by Crippen LogP contribution is 2.17. The molecule has 1 atom stereocenters. The molecule has 0 aliphatic carbocycles. The molecule has 0 saturated carbocycles. The van der Waals surface area contributed by atoms with E-state index in [1.54, 1.807) is 24.0 Å². The molecular formula is C16H23ClN2O4. The lowest BCUT2D eigenvalue weighted by Gasteiger charge is -2.26. The highest BCUT2D eigenvalue weighted by molar-refractivity contribution is 6.30. The lowest BCUT2D eigenvalue weighted by atomic mass is 10.2. The first-order chi connectivity index (χ1) is 10.9. The predicted molar refractivity (Wildman–Crippen MR) is 88.9 cm³/mol. The lowest BCUT2D eigenvalue weighted by molar-refractivity contribution is -0.142. The van der Waals surface area contributed by atoms with Gasteiger partial charge in [0.15, 0.2) is 0 Å². The first-order valence-electron chi connectivity index (χ1n) is 7.50. The Morgan fingerprint density at radius 3 is 2.74 bits per heavy atom. The van der Waals surface area contributed by atoms with Gasteiger partial charge in [-0.05, 0) is 31.5 Å². The molecule has 0 spiro atoms. The van der Waals surface area contributed by atoms with Gasteiger partial charge in [-0.25, -0.2) is 0 Å². The van der Waals surface area contributed by atoms with E-state index in [0.29, 0.717) is 43.4 Å². The molecule has 1 rings (SSSR count). The number of halogens is 1. The van der Waals surface area contributed by atoms with Crippen molar-refractivity contribution in [2.24, 2.45) is 0 Å². The number of rotatable bonds is 10. The zero-order valence-electron chi connectivity index (χ0n) is 13.4. The summed E-state index contributed by atoms with van der Waals surface area (Å²) in [4.78, 5) is 23.9. The fourth-order valence-corrected chi connectivity index (χ4v) is 2.23. The number of hydrogen-bond donors (Lipinski definition) is 2. The van der Waals surface area contributed by atoms with Crippen LogP contribution in [0.5, 0.6) is 5.75 Å². The Kier molecular flexibility index (Phi) is 8.43. The number of aliphatic carboxylic acids is 1. The summed E-state index contributed by atoms with van der Waals surface area (Å²) in [7, 11) is 0. The van der Waals surface area contributed by atoms with Crippen molar-refractivity contribution >= 4 is 23.5 Å². The summed E-state index contributed by atoms with van der Waals surface area (Å²) in [5.41, 5.74) is 0. The van der Waals surface area contributed by atoms with E-state index in [4.69, 9.17) is 21.4 Å². The van der Waals surface area contributed by atoms with Crippen LogP contribution in [0, 0.1) is 0 Å². The fourth-order valence-electron chi connectivity index (χ4n) is 2.05. The van der Waals surface area contributed by atoms with Crippen LogP contribution >= 0.6 is 11.6 Å². The van der Waals surface area contributed by atoms with E-state index in [9.17, 15) is 9.59 Å². The molecule has 7 heteroatoms. The van der Waals surface area contributed by atoms with Crippen molar-refractivity contribution in [3.63, 3.8) is 0 Å². The van der Waals surface area contributed by atoms with E-state index in [0.717, 1.165) is 0 Å². The van der Waals surface area contributed by atoms with Gasteiger partial charge in [0.05, 0.1) is 6.61 Å². The molecular weight excluding hydrogens is 320 g/mol. The quantitative estimate of drug-likeness (QED) is 0.636. The zero-order valence-corrected chi connectivity index (χ0v) is 14.2. The smallest absolute Gasteiger partial charge is 0.320 e. The number of benzene rings is 1. The van der Waals surface area contributed by atoms with E-state index < -0.39 is 12.0 Å². The Morgan fingerprint density at radius 2 is 2.13 bits per heavy atom. The Morgan fingerprint density at radius 1 is 1.39 bits per heavy atom. The Bertz CT molecular complexity index is 525. The number of hydrogen-bond acceptors (Lipinski definition) is 4. The minimum absolute atomic E-state index is 0.128. The average molecular weight is 343 g/mol. The molecule has 1 aromatic carbocycles. The van der Waals surface area contributed by atoms with Crippen LogP contribution in [-0.4, -0.2) is 54.2 Å². The molecule has 0 heterocycles. The van der Waals surface area contributed by atoms with Gasteiger partial charge < -0.3 is 15.2 Å². The van der Waals surface area contributed by atoms with Crippen LogP contribution in [0.15, 0.2) is 24.3 Å². The second kappa shape index (κ2) is 10.1. The van der Waals surface area contributed by atoms with E-state index in [1.807, 2.05) is 12.1 Å². The molecule has 6 nitrogen and oxygen atoms in total. The van der Waals surface area contributed by atoms with Crippen molar-refractivity contribution < 1.29 is 19.4 Å². The molecule has 0 fully saturated rings. The molecule has 1 amide bonds.